The van der Waals surface area contributed by atoms with Crippen LogP contribution in [0.15, 0.2) is 11.6 Å². The first-order chi connectivity index (χ1) is 11.8. The van der Waals surface area contributed by atoms with Crippen molar-refractivity contribution in [3.05, 3.63) is 11.6 Å². The van der Waals surface area contributed by atoms with Crippen LogP contribution in [0.5, 0.6) is 0 Å². The van der Waals surface area contributed by atoms with Gasteiger partial charge in [0.1, 0.15) is 0 Å². The van der Waals surface area contributed by atoms with Crippen LogP contribution in [0.25, 0.3) is 0 Å². The summed E-state index contributed by atoms with van der Waals surface area (Å²) in [5.41, 5.74) is 1.87. The van der Waals surface area contributed by atoms with Gasteiger partial charge in [0.15, 0.2) is 0 Å². The monoisotopic (exact) mass is 332 g/mol. The Bertz CT molecular complexity index is 337. The Balaban J connectivity index is 1.83. The molecule has 2 saturated carbocycles. The lowest BCUT2D eigenvalue weighted by Crippen LogP contribution is -2.18. The van der Waals surface area contributed by atoms with Gasteiger partial charge < -0.3 is 0 Å². The Morgan fingerprint density at radius 3 is 1.92 bits per heavy atom. The van der Waals surface area contributed by atoms with Crippen LogP contribution in [-0.4, -0.2) is 0 Å². The molecule has 24 heavy (non-hydrogen) atoms. The third-order valence-corrected chi connectivity index (χ3v) is 6.91. The first kappa shape index (κ1) is 20.1. The summed E-state index contributed by atoms with van der Waals surface area (Å²) in [6.45, 7) is 7.06. The van der Waals surface area contributed by atoms with Crippen LogP contribution in [0.4, 0.5) is 0 Å². The molecule has 0 aromatic rings. The molecule has 2 rings (SSSR count). The van der Waals surface area contributed by atoms with Crippen LogP contribution in [0.2, 0.25) is 0 Å². The molecule has 0 atom stereocenters. The Morgan fingerprint density at radius 1 is 0.708 bits per heavy atom. The fraction of sp³-hybridized carbons (Fsp3) is 0.917. The van der Waals surface area contributed by atoms with Crippen molar-refractivity contribution >= 4 is 0 Å². The third-order valence-electron chi connectivity index (χ3n) is 6.91. The van der Waals surface area contributed by atoms with Crippen molar-refractivity contribution in [2.24, 2.45) is 23.7 Å². The lowest BCUT2D eigenvalue weighted by atomic mass is 9.73. The molecule has 140 valence electrons. The summed E-state index contributed by atoms with van der Waals surface area (Å²) < 4.78 is 0. The molecule has 2 aliphatic carbocycles. The van der Waals surface area contributed by atoms with Crippen molar-refractivity contribution in [3.8, 4) is 0 Å². The minimum absolute atomic E-state index is 0.915. The Labute approximate surface area is 152 Å². The molecule has 0 spiro atoms. The third kappa shape index (κ3) is 6.57. The van der Waals surface area contributed by atoms with Gasteiger partial charge in [0.05, 0.1) is 0 Å². The normalized spacial score (nSPS) is 32.0. The van der Waals surface area contributed by atoms with E-state index in [0.717, 1.165) is 23.7 Å². The summed E-state index contributed by atoms with van der Waals surface area (Å²) in [5, 5.41) is 0. The van der Waals surface area contributed by atoms with Crippen molar-refractivity contribution in [2.45, 2.75) is 117 Å². The predicted molar refractivity (Wildman–Crippen MR) is 108 cm³/mol. The number of hydrogen-bond donors (Lipinski definition) is 0. The second-order valence-corrected chi connectivity index (χ2v) is 8.92. The molecule has 0 saturated heterocycles. The van der Waals surface area contributed by atoms with Gasteiger partial charge in [0.25, 0.3) is 0 Å². The molecule has 2 fully saturated rings. The summed E-state index contributed by atoms with van der Waals surface area (Å²) in [6, 6.07) is 0. The first-order valence-corrected chi connectivity index (χ1v) is 11.5. The largest absolute Gasteiger partial charge is 0.0819 e. The fourth-order valence-corrected chi connectivity index (χ4v) is 5.38. The van der Waals surface area contributed by atoms with Crippen molar-refractivity contribution < 1.29 is 0 Å². The van der Waals surface area contributed by atoms with Crippen LogP contribution >= 0.6 is 0 Å². The molecule has 0 unspecified atom stereocenters. The van der Waals surface area contributed by atoms with Gasteiger partial charge in [-0.15, -0.1) is 0 Å². The molecule has 0 radical (unpaired) electrons. The minimum atomic E-state index is 0.915. The summed E-state index contributed by atoms with van der Waals surface area (Å²) in [5.74, 6) is 3.95. The minimum Gasteiger partial charge on any atom is -0.0819 e. The number of hydrogen-bond acceptors (Lipinski definition) is 0. The Morgan fingerprint density at radius 2 is 1.33 bits per heavy atom. The Kier molecular flexibility index (Phi) is 9.51. The van der Waals surface area contributed by atoms with E-state index in [-0.39, 0.29) is 0 Å². The molecule has 2 aliphatic rings. The van der Waals surface area contributed by atoms with Crippen molar-refractivity contribution in [1.29, 1.82) is 0 Å². The van der Waals surface area contributed by atoms with E-state index in [0.29, 0.717) is 0 Å². The zero-order valence-electron chi connectivity index (χ0n) is 17.0. The molecular weight excluding hydrogens is 288 g/mol. The SMILES string of the molecule is CCCCC1CCC(/C=C(\CCC)C2CCC(CCC)CC2)CC1. The predicted octanol–water partition coefficient (Wildman–Crippen LogP) is 8.32. The molecule has 0 aromatic heterocycles. The van der Waals surface area contributed by atoms with Crippen LogP contribution in [0.1, 0.15) is 117 Å². The van der Waals surface area contributed by atoms with Crippen molar-refractivity contribution in [3.63, 3.8) is 0 Å². The average molecular weight is 333 g/mol. The molecule has 0 nitrogen and oxygen atoms in total. The highest BCUT2D eigenvalue weighted by molar-refractivity contribution is 5.10. The standard InChI is InChI=1S/C24H44/c1-4-7-10-21-11-13-22(14-12-21)19-24(9-6-3)23-17-15-20(8-5-2)16-18-23/h19-23H,4-18H2,1-3H3/b24-19+. The zero-order valence-corrected chi connectivity index (χ0v) is 17.0. The van der Waals surface area contributed by atoms with E-state index in [4.69, 9.17) is 0 Å². The highest BCUT2D eigenvalue weighted by Gasteiger charge is 2.25. The average Bonchev–Trinajstić information content (AvgIpc) is 2.62. The quantitative estimate of drug-likeness (QED) is 0.372. The van der Waals surface area contributed by atoms with Gasteiger partial charge in [0.2, 0.25) is 0 Å². The molecule has 0 bridgehead atoms. The van der Waals surface area contributed by atoms with E-state index in [9.17, 15) is 0 Å². The molecule has 0 aromatic carbocycles. The number of rotatable bonds is 9. The van der Waals surface area contributed by atoms with Crippen LogP contribution in [0, 0.1) is 23.7 Å². The molecule has 0 heterocycles. The number of unbranched alkanes of at least 4 members (excludes halogenated alkanes) is 1. The molecule has 0 heteroatoms. The van der Waals surface area contributed by atoms with E-state index < -0.39 is 0 Å². The van der Waals surface area contributed by atoms with E-state index in [1.165, 1.54) is 96.3 Å². The van der Waals surface area contributed by atoms with Gasteiger partial charge in [0, 0.05) is 0 Å². The smallest absolute Gasteiger partial charge is 0.0203 e. The van der Waals surface area contributed by atoms with Gasteiger partial charge in [-0.3, -0.25) is 0 Å². The van der Waals surface area contributed by atoms with Gasteiger partial charge >= 0.3 is 0 Å². The van der Waals surface area contributed by atoms with E-state index in [1.54, 1.807) is 0 Å². The summed E-state index contributed by atoms with van der Waals surface area (Å²) in [7, 11) is 0. The second-order valence-electron chi connectivity index (χ2n) is 8.92. The van der Waals surface area contributed by atoms with Gasteiger partial charge in [-0.2, -0.15) is 0 Å². The van der Waals surface area contributed by atoms with Crippen molar-refractivity contribution in [1.82, 2.24) is 0 Å². The summed E-state index contributed by atoms with van der Waals surface area (Å²) >= 11 is 0. The van der Waals surface area contributed by atoms with Crippen LogP contribution in [0.3, 0.4) is 0 Å². The topological polar surface area (TPSA) is 0 Å². The van der Waals surface area contributed by atoms with Gasteiger partial charge in [-0.05, 0) is 81.5 Å². The zero-order chi connectivity index (χ0) is 17.2. The molecular formula is C24H44. The maximum atomic E-state index is 2.78. The Hall–Kier alpha value is -0.260. The lowest BCUT2D eigenvalue weighted by molar-refractivity contribution is 0.273. The van der Waals surface area contributed by atoms with Gasteiger partial charge in [-0.25, -0.2) is 0 Å². The van der Waals surface area contributed by atoms with E-state index >= 15 is 0 Å². The summed E-state index contributed by atoms with van der Waals surface area (Å²) in [4.78, 5) is 0. The van der Waals surface area contributed by atoms with E-state index in [1.807, 2.05) is 5.57 Å². The van der Waals surface area contributed by atoms with Crippen LogP contribution in [-0.2, 0) is 0 Å². The highest BCUT2D eigenvalue weighted by atomic mass is 14.3. The molecule has 0 N–H and O–H groups in total. The number of allylic oxidation sites excluding steroid dienone is 2. The van der Waals surface area contributed by atoms with E-state index in [2.05, 4.69) is 26.8 Å². The van der Waals surface area contributed by atoms with Crippen molar-refractivity contribution in [2.75, 3.05) is 0 Å². The lowest BCUT2D eigenvalue weighted by Gasteiger charge is -2.32. The maximum absolute atomic E-state index is 2.78. The van der Waals surface area contributed by atoms with Crippen LogP contribution < -0.4 is 0 Å². The molecule has 0 amide bonds. The first-order valence-electron chi connectivity index (χ1n) is 11.5. The maximum Gasteiger partial charge on any atom is -0.0203 e. The summed E-state index contributed by atoms with van der Waals surface area (Å²) in [6.07, 6.45) is 24.6. The van der Waals surface area contributed by atoms with Gasteiger partial charge in [-0.1, -0.05) is 70.9 Å². The second kappa shape index (κ2) is 11.4. The fourth-order valence-electron chi connectivity index (χ4n) is 5.38. The molecule has 0 aliphatic heterocycles. The highest BCUT2D eigenvalue weighted by Crippen LogP contribution is 2.39.